The lowest BCUT2D eigenvalue weighted by Crippen LogP contribution is -2.17. The fraction of sp³-hybridized carbons (Fsp3) is 0.467. The molecule has 19 heavy (non-hydrogen) atoms. The highest BCUT2D eigenvalue weighted by Crippen LogP contribution is 2.58. The molecule has 0 aromatic heterocycles. The summed E-state index contributed by atoms with van der Waals surface area (Å²) in [6, 6.07) is 7.63. The number of aliphatic carboxylic acids is 1. The Morgan fingerprint density at radius 2 is 2.00 bits per heavy atom. The Hall–Kier alpha value is -1.84. The van der Waals surface area contributed by atoms with E-state index in [-0.39, 0.29) is 5.91 Å². The van der Waals surface area contributed by atoms with Gasteiger partial charge in [-0.25, -0.2) is 0 Å². The summed E-state index contributed by atoms with van der Waals surface area (Å²) in [5.74, 6) is -2.13. The van der Waals surface area contributed by atoms with Gasteiger partial charge in [0.15, 0.2) is 0 Å². The minimum absolute atomic E-state index is 0.203. The number of carbonyl (C=O) groups is 2. The van der Waals surface area contributed by atoms with Crippen LogP contribution in [-0.2, 0) is 16.0 Å². The third kappa shape index (κ3) is 2.48. The number of carboxylic acid groups (broad SMARTS) is 1. The third-order valence-corrected chi connectivity index (χ3v) is 3.98. The van der Waals surface area contributed by atoms with E-state index in [4.69, 9.17) is 5.11 Å². The zero-order valence-corrected chi connectivity index (χ0v) is 11.4. The quantitative estimate of drug-likeness (QED) is 0.875. The van der Waals surface area contributed by atoms with Crippen LogP contribution in [0.2, 0.25) is 0 Å². The summed E-state index contributed by atoms with van der Waals surface area (Å²) in [7, 11) is 0. The Morgan fingerprint density at radius 3 is 2.53 bits per heavy atom. The van der Waals surface area contributed by atoms with Crippen molar-refractivity contribution in [2.45, 2.75) is 27.2 Å². The van der Waals surface area contributed by atoms with E-state index >= 15 is 0 Å². The minimum atomic E-state index is -0.896. The van der Waals surface area contributed by atoms with Gasteiger partial charge in [0.25, 0.3) is 0 Å². The van der Waals surface area contributed by atoms with Gasteiger partial charge in [-0.05, 0) is 29.5 Å². The zero-order valence-electron chi connectivity index (χ0n) is 11.4. The minimum Gasteiger partial charge on any atom is -0.481 e. The van der Waals surface area contributed by atoms with Crippen molar-refractivity contribution < 1.29 is 14.7 Å². The van der Waals surface area contributed by atoms with Gasteiger partial charge in [-0.15, -0.1) is 0 Å². The van der Waals surface area contributed by atoms with Crippen LogP contribution in [0.5, 0.6) is 0 Å². The summed E-state index contributed by atoms with van der Waals surface area (Å²) in [5.41, 5.74) is 1.41. The number of amides is 1. The van der Waals surface area contributed by atoms with Crippen LogP contribution in [0.1, 0.15) is 26.3 Å². The molecule has 102 valence electrons. The molecule has 1 amide bonds. The van der Waals surface area contributed by atoms with Gasteiger partial charge < -0.3 is 10.4 Å². The maximum atomic E-state index is 12.1. The molecule has 0 bridgehead atoms. The number of carbonyl (C=O) groups excluding carboxylic acids is 1. The highest BCUT2D eigenvalue weighted by atomic mass is 16.4. The van der Waals surface area contributed by atoms with Gasteiger partial charge in [-0.1, -0.05) is 32.9 Å². The monoisotopic (exact) mass is 261 g/mol. The molecule has 2 N–H and O–H groups in total. The fourth-order valence-electron chi connectivity index (χ4n) is 2.68. The number of nitrogens with one attached hydrogen (secondary N) is 1. The maximum Gasteiger partial charge on any atom is 0.307 e. The Kier molecular flexibility index (Phi) is 3.35. The number of benzene rings is 1. The van der Waals surface area contributed by atoms with Crippen LogP contribution in [0.25, 0.3) is 0 Å². The van der Waals surface area contributed by atoms with Crippen LogP contribution in [0.15, 0.2) is 24.3 Å². The van der Waals surface area contributed by atoms with Crippen LogP contribution in [-0.4, -0.2) is 17.0 Å². The molecule has 1 aliphatic rings. The molecule has 0 heterocycles. The summed E-state index contributed by atoms with van der Waals surface area (Å²) < 4.78 is 0. The van der Waals surface area contributed by atoms with E-state index in [2.05, 4.69) is 5.32 Å². The predicted octanol–water partition coefficient (Wildman–Crippen LogP) is 2.54. The summed E-state index contributed by atoms with van der Waals surface area (Å²) in [6.45, 7) is 5.68. The number of aryl methyl sites for hydroxylation is 1. The van der Waals surface area contributed by atoms with E-state index in [1.54, 1.807) is 0 Å². The second kappa shape index (κ2) is 4.68. The normalized spacial score (nSPS) is 23.7. The largest absolute Gasteiger partial charge is 0.481 e. The highest BCUT2D eigenvalue weighted by molar-refractivity contribution is 5.99. The Morgan fingerprint density at radius 1 is 1.32 bits per heavy atom. The second-order valence-corrected chi connectivity index (χ2v) is 5.66. The average molecular weight is 261 g/mol. The van der Waals surface area contributed by atoms with Gasteiger partial charge >= 0.3 is 5.97 Å². The topological polar surface area (TPSA) is 66.4 Å². The first-order valence-electron chi connectivity index (χ1n) is 6.50. The van der Waals surface area contributed by atoms with Gasteiger partial charge in [0, 0.05) is 5.69 Å². The molecule has 0 unspecified atom stereocenters. The first-order valence-corrected chi connectivity index (χ1v) is 6.50. The summed E-state index contributed by atoms with van der Waals surface area (Å²) in [6.07, 6.45) is 0.899. The van der Waals surface area contributed by atoms with Crippen molar-refractivity contribution in [3.63, 3.8) is 0 Å². The summed E-state index contributed by atoms with van der Waals surface area (Å²) in [4.78, 5) is 23.2. The molecule has 4 nitrogen and oxygen atoms in total. The van der Waals surface area contributed by atoms with Crippen molar-refractivity contribution in [1.29, 1.82) is 0 Å². The van der Waals surface area contributed by atoms with Crippen molar-refractivity contribution in [3.05, 3.63) is 29.8 Å². The van der Waals surface area contributed by atoms with E-state index in [0.29, 0.717) is 0 Å². The van der Waals surface area contributed by atoms with Crippen LogP contribution in [0.3, 0.4) is 0 Å². The van der Waals surface area contributed by atoms with Crippen molar-refractivity contribution in [3.8, 4) is 0 Å². The highest BCUT2D eigenvalue weighted by Gasteiger charge is 2.65. The van der Waals surface area contributed by atoms with Crippen LogP contribution in [0.4, 0.5) is 5.69 Å². The molecule has 0 aliphatic heterocycles. The van der Waals surface area contributed by atoms with Gasteiger partial charge in [-0.2, -0.15) is 0 Å². The Balaban J connectivity index is 2.08. The molecular formula is C15H19NO3. The predicted molar refractivity (Wildman–Crippen MR) is 72.8 cm³/mol. The summed E-state index contributed by atoms with van der Waals surface area (Å²) in [5, 5.41) is 11.9. The molecule has 1 fully saturated rings. The smallest absolute Gasteiger partial charge is 0.307 e. The standard InChI is InChI=1S/C15H19NO3/c1-4-9-6-5-7-10(8-9)16-13(17)11-12(14(18)19)15(11,2)3/h5-8,11-12H,4H2,1-3H3,(H,16,17)(H,18,19)/t11-,12+/m0/s1. The number of hydrogen-bond donors (Lipinski definition) is 2. The third-order valence-electron chi connectivity index (χ3n) is 3.98. The van der Waals surface area contributed by atoms with Crippen LogP contribution in [0, 0.1) is 17.3 Å². The van der Waals surface area contributed by atoms with Crippen molar-refractivity contribution >= 4 is 17.6 Å². The molecule has 0 saturated heterocycles. The molecule has 4 heteroatoms. The van der Waals surface area contributed by atoms with Gasteiger partial charge in [0.2, 0.25) is 5.91 Å². The van der Waals surface area contributed by atoms with E-state index < -0.39 is 23.2 Å². The fourth-order valence-corrected chi connectivity index (χ4v) is 2.68. The van der Waals surface area contributed by atoms with Crippen molar-refractivity contribution in [2.75, 3.05) is 5.32 Å². The number of hydrogen-bond acceptors (Lipinski definition) is 2. The van der Waals surface area contributed by atoms with Crippen LogP contribution < -0.4 is 5.32 Å². The molecule has 1 saturated carbocycles. The average Bonchev–Trinajstić information content (AvgIpc) is 2.93. The van der Waals surface area contributed by atoms with Gasteiger partial charge in [0.05, 0.1) is 11.8 Å². The lowest BCUT2D eigenvalue weighted by Gasteiger charge is -2.07. The number of anilines is 1. The van der Waals surface area contributed by atoms with Gasteiger partial charge in [-0.3, -0.25) is 9.59 Å². The lowest BCUT2D eigenvalue weighted by atomic mass is 10.1. The van der Waals surface area contributed by atoms with E-state index in [9.17, 15) is 9.59 Å². The molecule has 0 spiro atoms. The summed E-state index contributed by atoms with van der Waals surface area (Å²) >= 11 is 0. The van der Waals surface area contributed by atoms with E-state index in [0.717, 1.165) is 17.7 Å². The molecule has 1 aromatic rings. The SMILES string of the molecule is CCc1cccc(NC(=O)[C@@H]2[C@H](C(=O)O)C2(C)C)c1. The zero-order chi connectivity index (χ0) is 14.2. The Bertz CT molecular complexity index is 522. The first kappa shape index (κ1) is 13.6. The lowest BCUT2D eigenvalue weighted by molar-refractivity contribution is -0.140. The molecule has 2 atom stereocenters. The van der Waals surface area contributed by atoms with Crippen molar-refractivity contribution in [2.24, 2.45) is 17.3 Å². The van der Waals surface area contributed by atoms with Crippen molar-refractivity contribution in [1.82, 2.24) is 0 Å². The number of rotatable bonds is 4. The second-order valence-electron chi connectivity index (χ2n) is 5.66. The number of carboxylic acids is 1. The van der Waals surface area contributed by atoms with Gasteiger partial charge in [0.1, 0.15) is 0 Å². The molecular weight excluding hydrogens is 242 g/mol. The van der Waals surface area contributed by atoms with E-state index in [1.807, 2.05) is 45.0 Å². The van der Waals surface area contributed by atoms with E-state index in [1.165, 1.54) is 0 Å². The molecule has 0 radical (unpaired) electrons. The molecule has 1 aliphatic carbocycles. The molecule has 2 rings (SSSR count). The molecule has 1 aromatic carbocycles. The van der Waals surface area contributed by atoms with Crippen LogP contribution >= 0.6 is 0 Å². The first-order chi connectivity index (χ1) is 8.87. The Labute approximate surface area is 112 Å². The maximum absolute atomic E-state index is 12.1.